The van der Waals surface area contributed by atoms with E-state index in [1.165, 1.54) is 0 Å². The number of pyridine rings is 1. The Kier molecular flexibility index (Phi) is 6.26. The van der Waals surface area contributed by atoms with E-state index in [9.17, 15) is 5.11 Å². The van der Waals surface area contributed by atoms with Crippen molar-refractivity contribution in [3.63, 3.8) is 0 Å². The van der Waals surface area contributed by atoms with E-state index in [2.05, 4.69) is 36.1 Å². The molecule has 2 aromatic carbocycles. The molecule has 0 aliphatic carbocycles. The molecule has 1 aromatic heterocycles. The van der Waals surface area contributed by atoms with Crippen LogP contribution >= 0.6 is 12.4 Å². The first kappa shape index (κ1) is 20.9. The largest absolute Gasteiger partial charge is 0.489 e. The maximum atomic E-state index is 9.92. The van der Waals surface area contributed by atoms with Gasteiger partial charge in [-0.1, -0.05) is 0 Å². The molecule has 0 amide bonds. The van der Waals surface area contributed by atoms with Crippen LogP contribution in [-0.4, -0.2) is 29.3 Å². The van der Waals surface area contributed by atoms with Crippen LogP contribution in [0.4, 0.5) is 5.69 Å². The summed E-state index contributed by atoms with van der Waals surface area (Å²) in [5, 5.41) is 19.9. The maximum absolute atomic E-state index is 9.92. The Morgan fingerprint density at radius 3 is 2.62 bits per heavy atom. The third-order valence-corrected chi connectivity index (χ3v) is 5.25. The summed E-state index contributed by atoms with van der Waals surface area (Å²) in [7, 11) is 0. The first-order valence-electron chi connectivity index (χ1n) is 9.50. The molecule has 1 saturated heterocycles. The van der Waals surface area contributed by atoms with Crippen LogP contribution in [0.1, 0.15) is 28.8 Å². The van der Waals surface area contributed by atoms with Crippen molar-refractivity contribution in [2.24, 2.45) is 0 Å². The molecule has 29 heavy (non-hydrogen) atoms. The average molecular weight is 410 g/mol. The number of fused-ring (bicyclic) bond motifs is 1. The predicted octanol–water partition coefficient (Wildman–Crippen LogP) is 4.30. The van der Waals surface area contributed by atoms with Crippen molar-refractivity contribution in [2.45, 2.75) is 33.0 Å². The van der Waals surface area contributed by atoms with Crippen LogP contribution in [-0.2, 0) is 6.61 Å². The van der Waals surface area contributed by atoms with E-state index < -0.39 is 0 Å². The lowest BCUT2D eigenvalue weighted by atomic mass is 10.0. The fraction of sp³-hybridized carbons (Fsp3) is 0.304. The molecule has 0 saturated carbocycles. The van der Waals surface area contributed by atoms with Crippen LogP contribution in [0, 0.1) is 25.2 Å². The van der Waals surface area contributed by atoms with Gasteiger partial charge in [-0.15, -0.1) is 12.4 Å². The maximum Gasteiger partial charge on any atom is 0.119 e. The molecule has 1 atom stereocenters. The monoisotopic (exact) mass is 409 g/mol. The lowest BCUT2D eigenvalue weighted by Gasteiger charge is -2.21. The van der Waals surface area contributed by atoms with Gasteiger partial charge in [0.05, 0.1) is 23.3 Å². The summed E-state index contributed by atoms with van der Waals surface area (Å²) in [5.74, 6) is 0.738. The molecule has 2 heterocycles. The molecule has 1 aliphatic heterocycles. The van der Waals surface area contributed by atoms with Crippen LogP contribution in [0.2, 0.25) is 0 Å². The van der Waals surface area contributed by atoms with Crippen molar-refractivity contribution in [2.75, 3.05) is 18.0 Å². The lowest BCUT2D eigenvalue weighted by molar-refractivity contribution is 0.198. The van der Waals surface area contributed by atoms with E-state index >= 15 is 0 Å². The molecule has 6 heteroatoms. The fourth-order valence-electron chi connectivity index (χ4n) is 3.70. The number of nitrogens with zero attached hydrogens (tertiary/aromatic N) is 3. The summed E-state index contributed by atoms with van der Waals surface area (Å²) >= 11 is 0. The smallest absolute Gasteiger partial charge is 0.119 e. The van der Waals surface area contributed by atoms with Crippen LogP contribution in [0.5, 0.6) is 5.75 Å². The van der Waals surface area contributed by atoms with Crippen LogP contribution in [0.15, 0.2) is 42.5 Å². The first-order chi connectivity index (χ1) is 13.5. The molecule has 4 rings (SSSR count). The van der Waals surface area contributed by atoms with Gasteiger partial charge in [-0.05, 0) is 73.9 Å². The molecule has 0 spiro atoms. The number of nitriles is 1. The van der Waals surface area contributed by atoms with E-state index in [1.807, 2.05) is 19.1 Å². The van der Waals surface area contributed by atoms with Gasteiger partial charge < -0.3 is 14.7 Å². The number of β-amino-alcohol motifs (C(OH)–C–C–N with tert-alkyl or cyclic N) is 1. The van der Waals surface area contributed by atoms with Crippen molar-refractivity contribution in [1.29, 1.82) is 5.26 Å². The molecule has 1 aliphatic rings. The Morgan fingerprint density at radius 2 is 1.97 bits per heavy atom. The number of hydrogen-bond acceptors (Lipinski definition) is 5. The summed E-state index contributed by atoms with van der Waals surface area (Å²) in [6, 6.07) is 15.6. The molecule has 0 radical (unpaired) electrons. The number of aromatic nitrogens is 1. The standard InChI is InChI=1S/C23H23N3O2.ClH/c1-15-9-21-22(25-16(2)10-23(21)26-8-7-19(27)13-26)11-18(15)14-28-20-5-3-17(12-24)4-6-20;/h3-6,9-11,19,27H,7-8,13-14H2,1-2H3;1H/t19-;/m0./s1. The van der Waals surface area contributed by atoms with Crippen molar-refractivity contribution in [3.05, 3.63) is 64.8 Å². The van der Waals surface area contributed by atoms with Gasteiger partial charge in [-0.2, -0.15) is 5.26 Å². The molecule has 3 aromatic rings. The van der Waals surface area contributed by atoms with Crippen molar-refractivity contribution < 1.29 is 9.84 Å². The van der Waals surface area contributed by atoms with Crippen molar-refractivity contribution in [3.8, 4) is 11.8 Å². The number of aliphatic hydroxyl groups is 1. The second-order valence-electron chi connectivity index (χ2n) is 7.39. The Balaban J connectivity index is 0.00000240. The topological polar surface area (TPSA) is 69.4 Å². The Labute approximate surface area is 177 Å². The zero-order valence-corrected chi connectivity index (χ0v) is 17.4. The Bertz CT molecular complexity index is 1060. The highest BCUT2D eigenvalue weighted by atomic mass is 35.5. The van der Waals surface area contributed by atoms with Gasteiger partial charge in [0.1, 0.15) is 12.4 Å². The fourth-order valence-corrected chi connectivity index (χ4v) is 3.70. The molecule has 5 nitrogen and oxygen atoms in total. The first-order valence-corrected chi connectivity index (χ1v) is 9.50. The van der Waals surface area contributed by atoms with Gasteiger partial charge in [-0.3, -0.25) is 4.98 Å². The SMILES string of the molecule is Cc1cc(N2CC[C@H](O)C2)c2cc(C)c(COc3ccc(C#N)cc3)cc2n1.Cl. The van der Waals surface area contributed by atoms with Gasteiger partial charge in [0, 0.05) is 29.9 Å². The quantitative estimate of drug-likeness (QED) is 0.695. The Hall–Kier alpha value is -2.81. The van der Waals surface area contributed by atoms with Crippen LogP contribution in [0.3, 0.4) is 0 Å². The van der Waals surface area contributed by atoms with Crippen LogP contribution in [0.25, 0.3) is 10.9 Å². The predicted molar refractivity (Wildman–Crippen MR) is 117 cm³/mol. The summed E-state index contributed by atoms with van der Waals surface area (Å²) in [4.78, 5) is 6.97. The van der Waals surface area contributed by atoms with Crippen molar-refractivity contribution >= 4 is 29.0 Å². The van der Waals surface area contributed by atoms with Crippen LogP contribution < -0.4 is 9.64 Å². The van der Waals surface area contributed by atoms with E-state index in [1.54, 1.807) is 12.1 Å². The Morgan fingerprint density at radius 1 is 1.21 bits per heavy atom. The number of benzene rings is 2. The summed E-state index contributed by atoms with van der Waals surface area (Å²) in [6.45, 7) is 6.06. The minimum absolute atomic E-state index is 0. The van der Waals surface area contributed by atoms with E-state index in [-0.39, 0.29) is 18.5 Å². The molecule has 0 bridgehead atoms. The molecule has 150 valence electrons. The van der Waals surface area contributed by atoms with E-state index in [0.717, 1.165) is 52.1 Å². The van der Waals surface area contributed by atoms with E-state index in [4.69, 9.17) is 15.0 Å². The third kappa shape index (κ3) is 4.45. The van der Waals surface area contributed by atoms with Gasteiger partial charge in [0.25, 0.3) is 0 Å². The number of ether oxygens (including phenoxy) is 1. The molecule has 1 N–H and O–H groups in total. The average Bonchev–Trinajstić information content (AvgIpc) is 3.13. The molecular formula is C23H24ClN3O2. The number of aryl methyl sites for hydroxylation is 2. The van der Waals surface area contributed by atoms with Crippen molar-refractivity contribution in [1.82, 2.24) is 4.98 Å². The number of rotatable bonds is 4. The zero-order valence-electron chi connectivity index (χ0n) is 16.6. The lowest BCUT2D eigenvalue weighted by Crippen LogP contribution is -2.21. The second-order valence-corrected chi connectivity index (χ2v) is 7.39. The minimum Gasteiger partial charge on any atom is -0.489 e. The van der Waals surface area contributed by atoms with E-state index in [0.29, 0.717) is 18.7 Å². The third-order valence-electron chi connectivity index (χ3n) is 5.25. The number of aliphatic hydroxyl groups excluding tert-OH is 1. The number of anilines is 1. The summed E-state index contributed by atoms with van der Waals surface area (Å²) < 4.78 is 5.91. The van der Waals surface area contributed by atoms with Gasteiger partial charge in [0.15, 0.2) is 0 Å². The highest BCUT2D eigenvalue weighted by molar-refractivity contribution is 5.93. The number of halogens is 1. The zero-order chi connectivity index (χ0) is 19.7. The second kappa shape index (κ2) is 8.69. The summed E-state index contributed by atoms with van der Waals surface area (Å²) in [6.07, 6.45) is 0.544. The molecule has 0 unspecified atom stereocenters. The normalized spacial score (nSPS) is 15.8. The van der Waals surface area contributed by atoms with Gasteiger partial charge in [-0.25, -0.2) is 0 Å². The van der Waals surface area contributed by atoms with Gasteiger partial charge in [0.2, 0.25) is 0 Å². The highest BCUT2D eigenvalue weighted by Crippen LogP contribution is 2.31. The highest BCUT2D eigenvalue weighted by Gasteiger charge is 2.22. The molecule has 1 fully saturated rings. The molecular weight excluding hydrogens is 386 g/mol. The van der Waals surface area contributed by atoms with Gasteiger partial charge >= 0.3 is 0 Å². The minimum atomic E-state index is -0.260. The number of hydrogen-bond donors (Lipinski definition) is 1. The summed E-state index contributed by atoms with van der Waals surface area (Å²) in [5.41, 5.74) is 5.90.